The SMILES string of the molecule is CCC(NCCCOCCO)c1ccc(Cl)cc1Cl. The van der Waals surface area contributed by atoms with Crippen molar-refractivity contribution in [2.24, 2.45) is 0 Å². The van der Waals surface area contributed by atoms with E-state index in [1.807, 2.05) is 12.1 Å². The number of aliphatic hydroxyl groups is 1. The third-order valence-corrected chi connectivity index (χ3v) is 3.40. The van der Waals surface area contributed by atoms with Gasteiger partial charge in [-0.05, 0) is 37.1 Å². The summed E-state index contributed by atoms with van der Waals surface area (Å²) in [4.78, 5) is 0. The van der Waals surface area contributed by atoms with Gasteiger partial charge in [0.15, 0.2) is 0 Å². The first-order chi connectivity index (χ1) is 9.19. The second kappa shape index (κ2) is 9.56. The molecule has 1 rings (SSSR count). The van der Waals surface area contributed by atoms with Crippen LogP contribution in [0.2, 0.25) is 10.0 Å². The van der Waals surface area contributed by atoms with E-state index in [0.29, 0.717) is 23.3 Å². The van der Waals surface area contributed by atoms with Gasteiger partial charge in [0, 0.05) is 22.7 Å². The maximum absolute atomic E-state index is 8.58. The molecular weight excluding hydrogens is 285 g/mol. The van der Waals surface area contributed by atoms with E-state index in [4.69, 9.17) is 33.0 Å². The normalized spacial score (nSPS) is 12.6. The molecule has 0 fully saturated rings. The highest BCUT2D eigenvalue weighted by atomic mass is 35.5. The summed E-state index contributed by atoms with van der Waals surface area (Å²) in [6, 6.07) is 5.82. The highest BCUT2D eigenvalue weighted by Gasteiger charge is 2.12. The van der Waals surface area contributed by atoms with Gasteiger partial charge in [-0.2, -0.15) is 0 Å². The van der Waals surface area contributed by atoms with E-state index in [1.165, 1.54) is 0 Å². The van der Waals surface area contributed by atoms with Gasteiger partial charge in [0.1, 0.15) is 0 Å². The summed E-state index contributed by atoms with van der Waals surface area (Å²) in [5.41, 5.74) is 1.07. The molecule has 5 heteroatoms. The van der Waals surface area contributed by atoms with Gasteiger partial charge < -0.3 is 15.2 Å². The highest BCUT2D eigenvalue weighted by molar-refractivity contribution is 6.35. The molecule has 19 heavy (non-hydrogen) atoms. The first kappa shape index (κ1) is 16.7. The predicted octanol–water partition coefficient (Wildman–Crippen LogP) is 3.43. The number of benzene rings is 1. The minimum absolute atomic E-state index is 0.0748. The van der Waals surface area contributed by atoms with E-state index in [2.05, 4.69) is 12.2 Å². The Kier molecular flexibility index (Phi) is 8.42. The average molecular weight is 306 g/mol. The van der Waals surface area contributed by atoms with Crippen molar-refractivity contribution < 1.29 is 9.84 Å². The Hall–Kier alpha value is -0.320. The molecule has 0 heterocycles. The van der Waals surface area contributed by atoms with Crippen molar-refractivity contribution in [2.45, 2.75) is 25.8 Å². The van der Waals surface area contributed by atoms with Gasteiger partial charge in [-0.1, -0.05) is 36.2 Å². The Bertz CT molecular complexity index is 374. The Labute approximate surface area is 124 Å². The molecule has 1 aromatic carbocycles. The van der Waals surface area contributed by atoms with Crippen molar-refractivity contribution in [3.63, 3.8) is 0 Å². The van der Waals surface area contributed by atoms with E-state index >= 15 is 0 Å². The van der Waals surface area contributed by atoms with E-state index in [1.54, 1.807) is 6.07 Å². The number of nitrogens with one attached hydrogen (secondary N) is 1. The zero-order chi connectivity index (χ0) is 14.1. The van der Waals surface area contributed by atoms with Crippen LogP contribution in [0.4, 0.5) is 0 Å². The number of rotatable bonds is 9. The first-order valence-electron chi connectivity index (χ1n) is 6.56. The Morgan fingerprint density at radius 2 is 2.11 bits per heavy atom. The van der Waals surface area contributed by atoms with Crippen LogP contribution in [0.15, 0.2) is 18.2 Å². The molecular formula is C14H21Cl2NO2. The van der Waals surface area contributed by atoms with E-state index in [0.717, 1.165) is 24.9 Å². The molecule has 108 valence electrons. The topological polar surface area (TPSA) is 41.5 Å². The molecule has 0 saturated carbocycles. The Morgan fingerprint density at radius 1 is 1.32 bits per heavy atom. The largest absolute Gasteiger partial charge is 0.394 e. The molecule has 0 spiro atoms. The third kappa shape index (κ3) is 6.11. The molecule has 1 atom stereocenters. The van der Waals surface area contributed by atoms with Gasteiger partial charge in [-0.25, -0.2) is 0 Å². The zero-order valence-corrected chi connectivity index (χ0v) is 12.7. The molecule has 0 radical (unpaired) electrons. The second-order valence-corrected chi connectivity index (χ2v) is 5.11. The van der Waals surface area contributed by atoms with E-state index < -0.39 is 0 Å². The maximum atomic E-state index is 8.58. The molecule has 0 aliphatic carbocycles. The van der Waals surface area contributed by atoms with Crippen LogP contribution < -0.4 is 5.32 Å². The van der Waals surface area contributed by atoms with Crippen LogP contribution in [-0.2, 0) is 4.74 Å². The van der Waals surface area contributed by atoms with Crippen molar-refractivity contribution in [2.75, 3.05) is 26.4 Å². The number of halogens is 2. The van der Waals surface area contributed by atoms with Crippen LogP contribution in [0.1, 0.15) is 31.4 Å². The minimum atomic E-state index is 0.0748. The standard InChI is InChI=1S/C14H21Cl2NO2/c1-2-14(17-6-3-8-19-9-7-18)12-5-4-11(15)10-13(12)16/h4-5,10,14,17-18H,2-3,6-9H2,1H3. The molecule has 0 saturated heterocycles. The second-order valence-electron chi connectivity index (χ2n) is 4.27. The Morgan fingerprint density at radius 3 is 2.74 bits per heavy atom. The lowest BCUT2D eigenvalue weighted by atomic mass is 10.0. The van der Waals surface area contributed by atoms with E-state index in [9.17, 15) is 0 Å². The molecule has 3 nitrogen and oxygen atoms in total. The minimum Gasteiger partial charge on any atom is -0.394 e. The number of hydrogen-bond acceptors (Lipinski definition) is 3. The molecule has 0 aromatic heterocycles. The Balaban J connectivity index is 2.40. The fraction of sp³-hybridized carbons (Fsp3) is 0.571. The van der Waals surface area contributed by atoms with Crippen LogP contribution in [0.5, 0.6) is 0 Å². The fourth-order valence-electron chi connectivity index (χ4n) is 1.88. The summed E-state index contributed by atoms with van der Waals surface area (Å²) in [5.74, 6) is 0. The highest BCUT2D eigenvalue weighted by Crippen LogP contribution is 2.27. The summed E-state index contributed by atoms with van der Waals surface area (Å²) < 4.78 is 5.21. The lowest BCUT2D eigenvalue weighted by molar-refractivity contribution is 0.0903. The molecule has 0 aliphatic rings. The first-order valence-corrected chi connectivity index (χ1v) is 7.31. The molecule has 2 N–H and O–H groups in total. The van der Waals surface area contributed by atoms with Gasteiger partial charge in [0.25, 0.3) is 0 Å². The van der Waals surface area contributed by atoms with Crippen molar-refractivity contribution in [1.82, 2.24) is 5.32 Å². The maximum Gasteiger partial charge on any atom is 0.0697 e. The predicted molar refractivity (Wildman–Crippen MR) is 80.0 cm³/mol. The number of ether oxygens (including phenoxy) is 1. The van der Waals surface area contributed by atoms with Crippen molar-refractivity contribution >= 4 is 23.2 Å². The number of aliphatic hydroxyl groups excluding tert-OH is 1. The summed E-state index contributed by atoms with van der Waals surface area (Å²) in [7, 11) is 0. The van der Waals surface area contributed by atoms with E-state index in [-0.39, 0.29) is 12.6 Å². The van der Waals surface area contributed by atoms with Crippen molar-refractivity contribution in [3.05, 3.63) is 33.8 Å². The van der Waals surface area contributed by atoms with Crippen molar-refractivity contribution in [3.8, 4) is 0 Å². The smallest absolute Gasteiger partial charge is 0.0697 e. The fourth-order valence-corrected chi connectivity index (χ4v) is 2.42. The number of hydrogen-bond donors (Lipinski definition) is 2. The van der Waals surface area contributed by atoms with Gasteiger partial charge in [0.05, 0.1) is 13.2 Å². The molecule has 0 bridgehead atoms. The van der Waals surface area contributed by atoms with Crippen LogP contribution in [-0.4, -0.2) is 31.5 Å². The van der Waals surface area contributed by atoms with Gasteiger partial charge in [-0.15, -0.1) is 0 Å². The van der Waals surface area contributed by atoms with Crippen LogP contribution in [0, 0.1) is 0 Å². The summed E-state index contributed by atoms with van der Waals surface area (Å²) in [5, 5.41) is 13.4. The van der Waals surface area contributed by atoms with Crippen LogP contribution >= 0.6 is 23.2 Å². The van der Waals surface area contributed by atoms with Crippen LogP contribution in [0.3, 0.4) is 0 Å². The van der Waals surface area contributed by atoms with Gasteiger partial charge in [0.2, 0.25) is 0 Å². The quantitative estimate of drug-likeness (QED) is 0.687. The lowest BCUT2D eigenvalue weighted by Gasteiger charge is -2.19. The monoisotopic (exact) mass is 305 g/mol. The van der Waals surface area contributed by atoms with Gasteiger partial charge in [-0.3, -0.25) is 0 Å². The molecule has 1 unspecified atom stereocenters. The molecule has 1 aromatic rings. The van der Waals surface area contributed by atoms with Crippen LogP contribution in [0.25, 0.3) is 0 Å². The summed E-state index contributed by atoms with van der Waals surface area (Å²) >= 11 is 12.1. The van der Waals surface area contributed by atoms with Crippen molar-refractivity contribution in [1.29, 1.82) is 0 Å². The average Bonchev–Trinajstić information content (AvgIpc) is 2.39. The summed E-state index contributed by atoms with van der Waals surface area (Å²) in [6.07, 6.45) is 1.86. The zero-order valence-electron chi connectivity index (χ0n) is 11.2. The molecule has 0 aliphatic heterocycles. The third-order valence-electron chi connectivity index (χ3n) is 2.84. The summed E-state index contributed by atoms with van der Waals surface area (Å²) in [6.45, 7) is 4.09. The van der Waals surface area contributed by atoms with Gasteiger partial charge >= 0.3 is 0 Å². The lowest BCUT2D eigenvalue weighted by Crippen LogP contribution is -2.23. The molecule has 0 amide bonds.